The lowest BCUT2D eigenvalue weighted by Crippen LogP contribution is -2.40. The van der Waals surface area contributed by atoms with Crippen LogP contribution in [0.25, 0.3) is 16.6 Å². The maximum absolute atomic E-state index is 13.7. The van der Waals surface area contributed by atoms with E-state index in [4.69, 9.17) is 4.98 Å². The summed E-state index contributed by atoms with van der Waals surface area (Å²) in [5.74, 6) is 1.01. The molecule has 0 unspecified atom stereocenters. The summed E-state index contributed by atoms with van der Waals surface area (Å²) in [5, 5.41) is 0.576. The fourth-order valence-electron chi connectivity index (χ4n) is 4.08. The molecule has 0 saturated heterocycles. The van der Waals surface area contributed by atoms with Gasteiger partial charge in [0.15, 0.2) is 0 Å². The number of amides is 1. The summed E-state index contributed by atoms with van der Waals surface area (Å²) in [4.78, 5) is 33.7. The second-order valence-corrected chi connectivity index (χ2v) is 9.46. The molecule has 0 spiro atoms. The maximum atomic E-state index is 13.7. The average molecular weight is 434 g/mol. The van der Waals surface area contributed by atoms with E-state index in [1.165, 1.54) is 0 Å². The van der Waals surface area contributed by atoms with Gasteiger partial charge in [-0.3, -0.25) is 14.2 Å². The first-order chi connectivity index (χ1) is 15.1. The lowest BCUT2D eigenvalue weighted by molar-refractivity contribution is -0.137. The third kappa shape index (κ3) is 4.77. The van der Waals surface area contributed by atoms with Crippen molar-refractivity contribution in [3.8, 4) is 5.69 Å². The number of aryl methyl sites for hydroxylation is 2. The molecule has 1 aromatic heterocycles. The highest BCUT2D eigenvalue weighted by Crippen LogP contribution is 2.26. The van der Waals surface area contributed by atoms with Gasteiger partial charge >= 0.3 is 0 Å². The minimum Gasteiger partial charge on any atom is -0.333 e. The first-order valence-corrected chi connectivity index (χ1v) is 11.5. The number of carbonyl (C=O) groups excluding carboxylic acids is 1. The van der Waals surface area contributed by atoms with E-state index < -0.39 is 0 Å². The Hall–Kier alpha value is -2.95. The highest BCUT2D eigenvalue weighted by molar-refractivity contribution is 5.80. The molecule has 0 aliphatic heterocycles. The van der Waals surface area contributed by atoms with Crippen molar-refractivity contribution in [3.63, 3.8) is 0 Å². The van der Waals surface area contributed by atoms with Crippen LogP contribution >= 0.6 is 0 Å². The summed E-state index contributed by atoms with van der Waals surface area (Å²) in [6.07, 6.45) is 0.893. The fraction of sp³-hybridized carbons (Fsp3) is 0.444. The molecule has 3 aromatic rings. The van der Waals surface area contributed by atoms with Gasteiger partial charge in [-0.05, 0) is 56.9 Å². The Balaban J connectivity index is 2.27. The molecular formula is C27H35N3O2. The second-order valence-electron chi connectivity index (χ2n) is 9.46. The molecule has 1 atom stereocenters. The van der Waals surface area contributed by atoms with Crippen molar-refractivity contribution in [2.75, 3.05) is 6.54 Å². The van der Waals surface area contributed by atoms with E-state index in [9.17, 15) is 9.59 Å². The van der Waals surface area contributed by atoms with Gasteiger partial charge in [-0.15, -0.1) is 0 Å². The van der Waals surface area contributed by atoms with Crippen molar-refractivity contribution in [3.05, 3.63) is 69.8 Å². The van der Waals surface area contributed by atoms with Crippen molar-refractivity contribution in [1.82, 2.24) is 14.5 Å². The molecule has 5 nitrogen and oxygen atoms in total. The SMILES string of the molecule is Cc1ccc(-n2c([C@H](C)N(CCC(C)C)C(=O)C(C)C)nc3ccccc3c2=O)c(C)c1. The molecule has 1 amide bonds. The minimum atomic E-state index is -0.346. The summed E-state index contributed by atoms with van der Waals surface area (Å²) >= 11 is 0. The van der Waals surface area contributed by atoms with Crippen LogP contribution in [-0.2, 0) is 4.79 Å². The monoisotopic (exact) mass is 433 g/mol. The van der Waals surface area contributed by atoms with Crippen LogP contribution in [0, 0.1) is 25.7 Å². The second kappa shape index (κ2) is 9.68. The molecule has 1 heterocycles. The Morgan fingerprint density at radius 2 is 1.72 bits per heavy atom. The molecule has 0 aliphatic carbocycles. The Kier molecular flexibility index (Phi) is 7.17. The van der Waals surface area contributed by atoms with Crippen LogP contribution in [0.15, 0.2) is 47.3 Å². The van der Waals surface area contributed by atoms with Crippen molar-refractivity contribution in [2.45, 2.75) is 60.9 Å². The van der Waals surface area contributed by atoms with Crippen LogP contribution in [0.2, 0.25) is 0 Å². The van der Waals surface area contributed by atoms with Gasteiger partial charge in [0.05, 0.1) is 22.6 Å². The molecule has 0 radical (unpaired) electrons. The van der Waals surface area contributed by atoms with Gasteiger partial charge in [-0.1, -0.05) is 57.5 Å². The molecule has 2 aromatic carbocycles. The lowest BCUT2D eigenvalue weighted by atomic mass is 10.1. The van der Waals surface area contributed by atoms with Crippen molar-refractivity contribution in [2.24, 2.45) is 11.8 Å². The average Bonchev–Trinajstić information content (AvgIpc) is 2.74. The molecule has 32 heavy (non-hydrogen) atoms. The van der Waals surface area contributed by atoms with E-state index in [1.54, 1.807) is 4.57 Å². The third-order valence-electron chi connectivity index (χ3n) is 5.96. The zero-order valence-electron chi connectivity index (χ0n) is 20.3. The van der Waals surface area contributed by atoms with Gasteiger partial charge in [0.1, 0.15) is 5.82 Å². The standard InChI is InChI=1S/C27H35N3O2/c1-17(2)14-15-29(26(31)18(3)4)21(7)25-28-23-11-9-8-10-22(23)27(32)30(25)24-13-12-19(5)16-20(24)6/h8-13,16-18,21H,14-15H2,1-7H3/t21-/m0/s1. The normalized spacial score (nSPS) is 12.5. The fourth-order valence-corrected chi connectivity index (χ4v) is 4.08. The predicted octanol–water partition coefficient (Wildman–Crippen LogP) is 5.59. The molecule has 170 valence electrons. The van der Waals surface area contributed by atoms with E-state index in [1.807, 2.05) is 75.9 Å². The van der Waals surface area contributed by atoms with E-state index in [0.717, 1.165) is 23.2 Å². The quantitative estimate of drug-likeness (QED) is 0.488. The lowest BCUT2D eigenvalue weighted by Gasteiger charge is -2.32. The number of carbonyl (C=O) groups is 1. The Labute approximate surface area is 191 Å². The van der Waals surface area contributed by atoms with E-state index in [0.29, 0.717) is 29.2 Å². The van der Waals surface area contributed by atoms with Gasteiger partial charge in [-0.2, -0.15) is 0 Å². The molecule has 0 saturated carbocycles. The molecule has 0 aliphatic rings. The third-order valence-corrected chi connectivity index (χ3v) is 5.96. The summed E-state index contributed by atoms with van der Waals surface area (Å²) in [5.41, 5.74) is 3.49. The maximum Gasteiger partial charge on any atom is 0.266 e. The van der Waals surface area contributed by atoms with Gasteiger partial charge in [0.2, 0.25) is 5.91 Å². The van der Waals surface area contributed by atoms with Crippen LogP contribution < -0.4 is 5.56 Å². The van der Waals surface area contributed by atoms with Gasteiger partial charge < -0.3 is 4.90 Å². The summed E-state index contributed by atoms with van der Waals surface area (Å²) in [6, 6.07) is 13.1. The predicted molar refractivity (Wildman–Crippen MR) is 131 cm³/mol. The number of hydrogen-bond donors (Lipinski definition) is 0. The number of benzene rings is 2. The number of hydrogen-bond acceptors (Lipinski definition) is 3. The largest absolute Gasteiger partial charge is 0.333 e. The van der Waals surface area contributed by atoms with E-state index in [-0.39, 0.29) is 23.4 Å². The number of fused-ring (bicyclic) bond motifs is 1. The molecule has 0 fully saturated rings. The molecule has 5 heteroatoms. The molecule has 0 N–H and O–H groups in total. The number of aromatic nitrogens is 2. The van der Waals surface area contributed by atoms with Crippen LogP contribution in [-0.4, -0.2) is 26.9 Å². The smallest absolute Gasteiger partial charge is 0.266 e. The Morgan fingerprint density at radius 1 is 1.03 bits per heavy atom. The number of rotatable bonds is 7. The van der Waals surface area contributed by atoms with E-state index in [2.05, 4.69) is 19.9 Å². The van der Waals surface area contributed by atoms with Gasteiger partial charge in [-0.25, -0.2) is 4.98 Å². The Morgan fingerprint density at radius 3 is 2.34 bits per heavy atom. The Bertz CT molecular complexity index is 1180. The first-order valence-electron chi connectivity index (χ1n) is 11.5. The van der Waals surface area contributed by atoms with Crippen molar-refractivity contribution < 1.29 is 4.79 Å². The molecular weight excluding hydrogens is 398 g/mol. The van der Waals surface area contributed by atoms with Crippen LogP contribution in [0.5, 0.6) is 0 Å². The molecule has 0 bridgehead atoms. The summed E-state index contributed by atoms with van der Waals surface area (Å²) in [7, 11) is 0. The first kappa shape index (κ1) is 23.7. The highest BCUT2D eigenvalue weighted by atomic mass is 16.2. The van der Waals surface area contributed by atoms with E-state index >= 15 is 0 Å². The van der Waals surface area contributed by atoms with Gasteiger partial charge in [0.25, 0.3) is 5.56 Å². The van der Waals surface area contributed by atoms with Crippen molar-refractivity contribution >= 4 is 16.8 Å². The molecule has 3 rings (SSSR count). The van der Waals surface area contributed by atoms with Crippen molar-refractivity contribution in [1.29, 1.82) is 0 Å². The summed E-state index contributed by atoms with van der Waals surface area (Å²) < 4.78 is 1.71. The summed E-state index contributed by atoms with van der Waals surface area (Å²) in [6.45, 7) is 14.8. The van der Waals surface area contributed by atoms with Crippen LogP contribution in [0.4, 0.5) is 0 Å². The van der Waals surface area contributed by atoms with Crippen LogP contribution in [0.1, 0.15) is 64.0 Å². The minimum absolute atomic E-state index is 0.0766. The highest BCUT2D eigenvalue weighted by Gasteiger charge is 2.28. The zero-order chi connectivity index (χ0) is 23.6. The zero-order valence-corrected chi connectivity index (χ0v) is 20.3. The van der Waals surface area contributed by atoms with Gasteiger partial charge in [0, 0.05) is 12.5 Å². The van der Waals surface area contributed by atoms with Crippen LogP contribution in [0.3, 0.4) is 0 Å². The number of nitrogens with zero attached hydrogens (tertiary/aromatic N) is 3. The topological polar surface area (TPSA) is 55.2 Å². The number of para-hydroxylation sites is 1.